The Morgan fingerprint density at radius 1 is 1.14 bits per heavy atom. The van der Waals surface area contributed by atoms with Gasteiger partial charge in [0.2, 0.25) is 11.8 Å². The minimum absolute atomic E-state index is 0.0113. The minimum atomic E-state index is -4.54. The van der Waals surface area contributed by atoms with E-state index in [9.17, 15) is 27.9 Å². The van der Waals surface area contributed by atoms with Gasteiger partial charge in [-0.25, -0.2) is 9.97 Å². The number of fused-ring (bicyclic) bond motifs is 1. The summed E-state index contributed by atoms with van der Waals surface area (Å²) in [4.78, 5) is 41.9. The van der Waals surface area contributed by atoms with Crippen LogP contribution in [0.3, 0.4) is 0 Å². The second-order valence-electron chi connectivity index (χ2n) is 12.2. The fourth-order valence-corrected chi connectivity index (χ4v) is 6.25. The van der Waals surface area contributed by atoms with Crippen molar-refractivity contribution in [2.75, 3.05) is 50.4 Å². The largest absolute Gasteiger partial charge is 0.416 e. The lowest BCUT2D eigenvalue weighted by Gasteiger charge is -2.31. The van der Waals surface area contributed by atoms with Gasteiger partial charge in [0.25, 0.3) is 0 Å². The highest BCUT2D eigenvalue weighted by molar-refractivity contribution is 5.82. The molecule has 4 N–H and O–H groups in total. The number of nitrogens with two attached hydrogens (primary N) is 1. The highest BCUT2D eigenvalue weighted by atomic mass is 19.4. The second kappa shape index (κ2) is 13.3. The van der Waals surface area contributed by atoms with Crippen molar-refractivity contribution in [1.29, 1.82) is 0 Å². The van der Waals surface area contributed by atoms with Crippen LogP contribution in [0.5, 0.6) is 0 Å². The number of halogens is 3. The molecule has 13 heteroatoms. The third-order valence-corrected chi connectivity index (χ3v) is 8.80. The molecule has 3 heterocycles. The van der Waals surface area contributed by atoms with E-state index >= 15 is 0 Å². The fraction of sp³-hybridized carbons (Fsp3) is 0.613. The maximum Gasteiger partial charge on any atom is 0.416 e. The topological polar surface area (TPSA) is 128 Å². The van der Waals surface area contributed by atoms with Crippen LogP contribution in [0.1, 0.15) is 73.3 Å². The van der Waals surface area contributed by atoms with Gasteiger partial charge in [-0.05, 0) is 76.3 Å². The van der Waals surface area contributed by atoms with E-state index < -0.39 is 17.8 Å². The number of β-amino-alcohol motifs (C(OH)–C–C–N with tert-alkyl or cyclic N) is 1. The molecule has 0 spiro atoms. The number of aromatic nitrogens is 2. The molecule has 0 radical (unpaired) electrons. The SMILES string of the molecule is Cc1nc2c(c(N[C@H](C)c3cc(N)cc(C(F)(F)F)c3)n1)CN([C@@H]1CCN(C(=O)C3CC3)C1)C(=O)CCN(CCO)CCC2. The van der Waals surface area contributed by atoms with E-state index in [0.29, 0.717) is 62.8 Å². The van der Waals surface area contributed by atoms with Crippen LogP contribution in [0.25, 0.3) is 0 Å². The molecule has 0 unspecified atom stereocenters. The average molecular weight is 618 g/mol. The fourth-order valence-electron chi connectivity index (χ4n) is 6.25. The minimum Gasteiger partial charge on any atom is -0.399 e. The number of amides is 2. The summed E-state index contributed by atoms with van der Waals surface area (Å²) in [5, 5.41) is 12.9. The van der Waals surface area contributed by atoms with Crippen molar-refractivity contribution in [1.82, 2.24) is 24.7 Å². The van der Waals surface area contributed by atoms with Crippen LogP contribution in [-0.2, 0) is 28.7 Å². The Bertz CT molecular complexity index is 1370. The van der Waals surface area contributed by atoms with Crippen molar-refractivity contribution in [3.05, 3.63) is 46.4 Å². The molecule has 5 rings (SSSR count). The van der Waals surface area contributed by atoms with Crippen molar-refractivity contribution in [2.45, 2.75) is 77.2 Å². The molecule has 1 saturated carbocycles. The molecule has 240 valence electrons. The van der Waals surface area contributed by atoms with Crippen LogP contribution in [0.15, 0.2) is 18.2 Å². The molecule has 2 aromatic rings. The molecule has 2 aliphatic heterocycles. The Morgan fingerprint density at radius 2 is 1.91 bits per heavy atom. The quantitative estimate of drug-likeness (QED) is 0.403. The monoisotopic (exact) mass is 617 g/mol. The molecule has 0 bridgehead atoms. The van der Waals surface area contributed by atoms with Gasteiger partial charge in [-0.15, -0.1) is 0 Å². The van der Waals surface area contributed by atoms with E-state index in [0.717, 1.165) is 42.7 Å². The van der Waals surface area contributed by atoms with Crippen LogP contribution in [0.2, 0.25) is 0 Å². The van der Waals surface area contributed by atoms with E-state index in [2.05, 4.69) is 15.2 Å². The number of nitrogen functional groups attached to an aromatic ring is 1. The highest BCUT2D eigenvalue weighted by Gasteiger charge is 2.39. The smallest absolute Gasteiger partial charge is 0.399 e. The average Bonchev–Trinajstić information content (AvgIpc) is 3.70. The Balaban J connectivity index is 1.48. The Morgan fingerprint density at radius 3 is 2.61 bits per heavy atom. The lowest BCUT2D eigenvalue weighted by atomic mass is 10.0. The van der Waals surface area contributed by atoms with E-state index in [1.54, 1.807) is 13.8 Å². The Kier molecular flexibility index (Phi) is 9.64. The second-order valence-corrected chi connectivity index (χ2v) is 12.2. The third kappa shape index (κ3) is 7.60. The first-order valence-corrected chi connectivity index (χ1v) is 15.4. The molecule has 44 heavy (non-hydrogen) atoms. The lowest BCUT2D eigenvalue weighted by Crippen LogP contribution is -2.44. The number of carbonyl (C=O) groups excluding carboxylic acids is 2. The van der Waals surface area contributed by atoms with Crippen molar-refractivity contribution in [3.8, 4) is 0 Å². The predicted molar refractivity (Wildman–Crippen MR) is 159 cm³/mol. The zero-order chi connectivity index (χ0) is 31.6. The van der Waals surface area contributed by atoms with E-state index in [-0.39, 0.29) is 49.0 Å². The maximum absolute atomic E-state index is 13.9. The molecule has 2 fully saturated rings. The zero-order valence-corrected chi connectivity index (χ0v) is 25.4. The Hall–Kier alpha value is -3.45. The number of aryl methyl sites for hydroxylation is 2. The molecule has 1 aromatic heterocycles. The number of hydrogen-bond donors (Lipinski definition) is 3. The number of aliphatic hydroxyl groups excluding tert-OH is 1. The molecule has 2 atom stereocenters. The first-order chi connectivity index (χ1) is 20.9. The van der Waals surface area contributed by atoms with Gasteiger partial charge >= 0.3 is 6.18 Å². The number of hydrogen-bond acceptors (Lipinski definition) is 8. The molecule has 3 aliphatic rings. The number of carbonyl (C=O) groups is 2. The van der Waals surface area contributed by atoms with Gasteiger partial charge in [0.15, 0.2) is 0 Å². The van der Waals surface area contributed by atoms with Crippen LogP contribution < -0.4 is 11.1 Å². The Labute approximate surface area is 255 Å². The summed E-state index contributed by atoms with van der Waals surface area (Å²) < 4.78 is 40.7. The number of alkyl halides is 3. The van der Waals surface area contributed by atoms with Crippen LogP contribution in [-0.4, -0.2) is 87.0 Å². The third-order valence-electron chi connectivity index (χ3n) is 8.80. The normalized spacial score (nSPS) is 21.1. The number of benzene rings is 1. The van der Waals surface area contributed by atoms with Crippen molar-refractivity contribution >= 4 is 23.3 Å². The molecule has 2 amide bonds. The maximum atomic E-state index is 13.9. The number of aliphatic hydroxyl groups is 1. The van der Waals surface area contributed by atoms with Gasteiger partial charge in [-0.1, -0.05) is 0 Å². The van der Waals surface area contributed by atoms with E-state index in [1.165, 1.54) is 6.07 Å². The van der Waals surface area contributed by atoms with Gasteiger partial charge in [0.1, 0.15) is 11.6 Å². The summed E-state index contributed by atoms with van der Waals surface area (Å²) in [6.45, 7) is 6.41. The summed E-state index contributed by atoms with van der Waals surface area (Å²) in [6, 6.07) is 2.75. The number of likely N-dealkylation sites (tertiary alicyclic amines) is 1. The number of nitrogens with zero attached hydrogens (tertiary/aromatic N) is 5. The summed E-state index contributed by atoms with van der Waals surface area (Å²) in [5.41, 5.74) is 6.89. The molecular formula is C31H42F3N7O3. The first-order valence-electron chi connectivity index (χ1n) is 15.4. The highest BCUT2D eigenvalue weighted by Crippen LogP contribution is 2.35. The first kappa shape index (κ1) is 32.0. The standard InChI is InChI=1S/C31H42F3N7O3/c1-19(22-14-23(31(32,33)34)16-24(35)15-22)36-29-26-18-41(25-7-11-40(17-25)30(44)21-5-6-21)28(43)8-10-39(12-13-42)9-3-4-27(26)37-20(2)38-29/h14-16,19,21,25,42H,3-13,17-18,35H2,1-2H3,(H,36,37,38)/t19-,25-/m1/s1. The summed E-state index contributed by atoms with van der Waals surface area (Å²) in [7, 11) is 0. The van der Waals surface area contributed by atoms with E-state index in [1.807, 2.05) is 9.80 Å². The number of nitrogens with one attached hydrogen (secondary N) is 1. The lowest BCUT2D eigenvalue weighted by molar-refractivity contribution is -0.137. The number of anilines is 2. The number of rotatable bonds is 7. The summed E-state index contributed by atoms with van der Waals surface area (Å²) in [6.07, 6.45) is -0.451. The molecule has 1 aliphatic carbocycles. The van der Waals surface area contributed by atoms with Crippen LogP contribution in [0, 0.1) is 12.8 Å². The summed E-state index contributed by atoms with van der Waals surface area (Å²) >= 11 is 0. The van der Waals surface area contributed by atoms with Crippen LogP contribution in [0.4, 0.5) is 24.7 Å². The van der Waals surface area contributed by atoms with Crippen LogP contribution >= 0.6 is 0 Å². The molecule has 1 saturated heterocycles. The van der Waals surface area contributed by atoms with Gasteiger partial charge < -0.3 is 30.9 Å². The van der Waals surface area contributed by atoms with Gasteiger partial charge in [-0.3, -0.25) is 9.59 Å². The predicted octanol–water partition coefficient (Wildman–Crippen LogP) is 3.53. The molecular weight excluding hydrogens is 575 g/mol. The van der Waals surface area contributed by atoms with Gasteiger partial charge in [0.05, 0.1) is 36.5 Å². The van der Waals surface area contributed by atoms with E-state index in [4.69, 9.17) is 10.7 Å². The molecule has 10 nitrogen and oxygen atoms in total. The van der Waals surface area contributed by atoms with Gasteiger partial charge in [-0.2, -0.15) is 13.2 Å². The zero-order valence-electron chi connectivity index (χ0n) is 25.4. The summed E-state index contributed by atoms with van der Waals surface area (Å²) in [5.74, 6) is 1.16. The van der Waals surface area contributed by atoms with Crippen molar-refractivity contribution in [2.24, 2.45) is 5.92 Å². The van der Waals surface area contributed by atoms with Gasteiger partial charge in [0, 0.05) is 49.8 Å². The van der Waals surface area contributed by atoms with Crippen molar-refractivity contribution < 1.29 is 27.9 Å². The molecule has 1 aromatic carbocycles. The van der Waals surface area contributed by atoms with Crippen molar-refractivity contribution in [3.63, 3.8) is 0 Å².